The molecular weight excluding hydrogens is 419 g/mol. The molecule has 2 aromatic carbocycles. The van der Waals surface area contributed by atoms with Crippen LogP contribution in [0.1, 0.15) is 5.56 Å². The van der Waals surface area contributed by atoms with E-state index in [1.807, 2.05) is 31.2 Å². The fourth-order valence-electron chi connectivity index (χ4n) is 1.76. The normalized spacial score (nSPS) is 10.3. The van der Waals surface area contributed by atoms with Gasteiger partial charge < -0.3 is 10.6 Å². The Morgan fingerprint density at radius 1 is 1.19 bits per heavy atom. The molecule has 110 valence electrons. The lowest BCUT2D eigenvalue weighted by molar-refractivity contribution is -0.114. The van der Waals surface area contributed by atoms with Crippen LogP contribution in [0.5, 0.6) is 0 Å². The second-order valence-electron chi connectivity index (χ2n) is 4.46. The molecule has 1 amide bonds. The molecule has 0 aromatic heterocycles. The van der Waals surface area contributed by atoms with Gasteiger partial charge in [-0.1, -0.05) is 23.7 Å². The molecule has 0 fully saturated rings. The first-order valence-electron chi connectivity index (χ1n) is 6.21. The van der Waals surface area contributed by atoms with E-state index in [9.17, 15) is 4.79 Å². The molecule has 6 heteroatoms. The van der Waals surface area contributed by atoms with Gasteiger partial charge in [-0.15, -0.1) is 0 Å². The predicted molar refractivity (Wildman–Crippen MR) is 95.2 cm³/mol. The predicted octanol–water partition coefficient (Wildman–Crippen LogP) is 5.22. The summed E-state index contributed by atoms with van der Waals surface area (Å²) in [5, 5.41) is 6.54. The summed E-state index contributed by atoms with van der Waals surface area (Å²) < 4.78 is 1.78. The molecule has 3 nitrogen and oxygen atoms in total. The van der Waals surface area contributed by atoms with Crippen molar-refractivity contribution in [3.63, 3.8) is 0 Å². The van der Waals surface area contributed by atoms with Crippen molar-refractivity contribution in [2.75, 3.05) is 17.2 Å². The molecule has 0 unspecified atom stereocenters. The van der Waals surface area contributed by atoms with E-state index in [-0.39, 0.29) is 12.5 Å². The van der Waals surface area contributed by atoms with Crippen LogP contribution >= 0.6 is 43.5 Å². The van der Waals surface area contributed by atoms with Crippen LogP contribution in [-0.2, 0) is 4.79 Å². The smallest absolute Gasteiger partial charge is 0.243 e. The van der Waals surface area contributed by atoms with Crippen molar-refractivity contribution in [1.29, 1.82) is 0 Å². The van der Waals surface area contributed by atoms with Crippen molar-refractivity contribution in [2.45, 2.75) is 6.92 Å². The Labute approximate surface area is 145 Å². The minimum Gasteiger partial charge on any atom is -0.374 e. The highest BCUT2D eigenvalue weighted by Gasteiger charge is 2.08. The largest absolute Gasteiger partial charge is 0.374 e. The van der Waals surface area contributed by atoms with Gasteiger partial charge in [0.2, 0.25) is 5.91 Å². The second-order valence-corrected chi connectivity index (χ2v) is 6.60. The van der Waals surface area contributed by atoms with Crippen LogP contribution in [0.3, 0.4) is 0 Å². The first-order chi connectivity index (χ1) is 9.97. The van der Waals surface area contributed by atoms with Gasteiger partial charge in [-0.2, -0.15) is 0 Å². The lowest BCUT2D eigenvalue weighted by atomic mass is 10.2. The first kappa shape index (κ1) is 16.3. The number of hydrogen-bond acceptors (Lipinski definition) is 2. The van der Waals surface area contributed by atoms with Gasteiger partial charge in [0.25, 0.3) is 0 Å². The van der Waals surface area contributed by atoms with Crippen molar-refractivity contribution >= 4 is 60.7 Å². The molecule has 0 bridgehead atoms. The Morgan fingerprint density at radius 3 is 2.52 bits per heavy atom. The molecule has 2 rings (SSSR count). The third kappa shape index (κ3) is 4.46. The van der Waals surface area contributed by atoms with Crippen molar-refractivity contribution in [2.24, 2.45) is 0 Å². The molecule has 0 heterocycles. The van der Waals surface area contributed by atoms with E-state index in [0.29, 0.717) is 5.02 Å². The fourth-order valence-corrected chi connectivity index (χ4v) is 3.21. The van der Waals surface area contributed by atoms with E-state index >= 15 is 0 Å². The topological polar surface area (TPSA) is 41.1 Å². The Kier molecular flexibility index (Phi) is 5.67. The Morgan fingerprint density at radius 2 is 1.86 bits per heavy atom. The third-order valence-corrected chi connectivity index (χ3v) is 4.42. The quantitative estimate of drug-likeness (QED) is 0.695. The van der Waals surface area contributed by atoms with Gasteiger partial charge in [0.1, 0.15) is 0 Å². The van der Waals surface area contributed by atoms with E-state index in [0.717, 1.165) is 25.9 Å². The molecule has 0 aliphatic carbocycles. The number of halogens is 3. The van der Waals surface area contributed by atoms with Gasteiger partial charge in [0.15, 0.2) is 0 Å². The summed E-state index contributed by atoms with van der Waals surface area (Å²) in [5.74, 6) is -0.136. The van der Waals surface area contributed by atoms with E-state index < -0.39 is 0 Å². The molecule has 2 aromatic rings. The van der Waals surface area contributed by atoms with Crippen molar-refractivity contribution in [3.05, 3.63) is 55.9 Å². The lowest BCUT2D eigenvalue weighted by Crippen LogP contribution is -2.22. The molecular formula is C15H13Br2ClN2O. The molecule has 0 saturated carbocycles. The minimum atomic E-state index is -0.136. The first-order valence-corrected chi connectivity index (χ1v) is 8.17. The molecule has 0 atom stereocenters. The average Bonchev–Trinajstić information content (AvgIpc) is 2.42. The number of anilines is 2. The van der Waals surface area contributed by atoms with Gasteiger partial charge in [0.05, 0.1) is 12.2 Å². The number of carbonyl (C=O) groups is 1. The number of aryl methyl sites for hydroxylation is 1. The zero-order valence-electron chi connectivity index (χ0n) is 11.2. The number of nitrogens with one attached hydrogen (secondary N) is 2. The zero-order chi connectivity index (χ0) is 15.4. The maximum Gasteiger partial charge on any atom is 0.243 e. The summed E-state index contributed by atoms with van der Waals surface area (Å²) in [4.78, 5) is 12.0. The van der Waals surface area contributed by atoms with E-state index in [1.165, 1.54) is 0 Å². The number of amides is 1. The summed E-state index contributed by atoms with van der Waals surface area (Å²) in [5.41, 5.74) is 2.53. The summed E-state index contributed by atoms with van der Waals surface area (Å²) in [7, 11) is 0. The van der Waals surface area contributed by atoms with Gasteiger partial charge >= 0.3 is 0 Å². The number of carbonyl (C=O) groups excluding carboxylic acids is 1. The van der Waals surface area contributed by atoms with Crippen LogP contribution in [0.15, 0.2) is 45.3 Å². The number of benzene rings is 2. The Hall–Kier alpha value is -1.04. The molecule has 2 N–H and O–H groups in total. The summed E-state index contributed by atoms with van der Waals surface area (Å²) in [6, 6.07) is 11.1. The van der Waals surface area contributed by atoms with Gasteiger partial charge in [-0.3, -0.25) is 4.79 Å². The van der Waals surface area contributed by atoms with Crippen LogP contribution < -0.4 is 10.6 Å². The highest BCUT2D eigenvalue weighted by atomic mass is 79.9. The van der Waals surface area contributed by atoms with E-state index in [1.54, 1.807) is 12.1 Å². The zero-order valence-corrected chi connectivity index (χ0v) is 15.1. The highest BCUT2D eigenvalue weighted by Crippen LogP contribution is 2.30. The number of rotatable bonds is 4. The third-order valence-electron chi connectivity index (χ3n) is 2.86. The monoisotopic (exact) mass is 430 g/mol. The summed E-state index contributed by atoms with van der Waals surface area (Å²) >= 11 is 12.8. The molecule has 0 saturated heterocycles. The van der Waals surface area contributed by atoms with Gasteiger partial charge in [-0.25, -0.2) is 0 Å². The molecule has 0 spiro atoms. The molecule has 0 aliphatic heterocycles. The van der Waals surface area contributed by atoms with Crippen molar-refractivity contribution in [1.82, 2.24) is 0 Å². The lowest BCUT2D eigenvalue weighted by Gasteiger charge is -2.12. The molecule has 0 radical (unpaired) electrons. The van der Waals surface area contributed by atoms with Crippen LogP contribution in [0, 0.1) is 6.92 Å². The SMILES string of the molecule is Cc1ccc(Cl)cc1NC(=O)CNc1c(Br)cccc1Br. The average molecular weight is 433 g/mol. The Balaban J connectivity index is 2.01. The van der Waals surface area contributed by atoms with Crippen LogP contribution in [0.25, 0.3) is 0 Å². The summed E-state index contributed by atoms with van der Waals surface area (Å²) in [6.07, 6.45) is 0. The number of para-hydroxylation sites is 1. The van der Waals surface area contributed by atoms with E-state index in [2.05, 4.69) is 42.5 Å². The fraction of sp³-hybridized carbons (Fsp3) is 0.133. The summed E-state index contributed by atoms with van der Waals surface area (Å²) in [6.45, 7) is 2.08. The molecule has 0 aliphatic rings. The van der Waals surface area contributed by atoms with Crippen molar-refractivity contribution in [3.8, 4) is 0 Å². The maximum atomic E-state index is 12.0. The van der Waals surface area contributed by atoms with Crippen LogP contribution in [0.2, 0.25) is 5.02 Å². The highest BCUT2D eigenvalue weighted by molar-refractivity contribution is 9.11. The maximum absolute atomic E-state index is 12.0. The second kappa shape index (κ2) is 7.29. The van der Waals surface area contributed by atoms with Gasteiger partial charge in [0, 0.05) is 19.7 Å². The Bertz CT molecular complexity index is 656. The van der Waals surface area contributed by atoms with Crippen LogP contribution in [-0.4, -0.2) is 12.5 Å². The van der Waals surface area contributed by atoms with Gasteiger partial charge in [-0.05, 0) is 68.6 Å². The molecule has 21 heavy (non-hydrogen) atoms. The standard InChI is InChI=1S/C15H13Br2ClN2O/c1-9-5-6-10(18)7-13(9)20-14(21)8-19-15-11(16)3-2-4-12(15)17/h2-7,19H,8H2,1H3,(H,20,21). The van der Waals surface area contributed by atoms with Crippen LogP contribution in [0.4, 0.5) is 11.4 Å². The minimum absolute atomic E-state index is 0.136. The van der Waals surface area contributed by atoms with E-state index in [4.69, 9.17) is 11.6 Å². The number of hydrogen-bond donors (Lipinski definition) is 2. The van der Waals surface area contributed by atoms with Crippen molar-refractivity contribution < 1.29 is 4.79 Å².